The lowest BCUT2D eigenvalue weighted by Crippen LogP contribution is -2.41. The Morgan fingerprint density at radius 1 is 1.41 bits per heavy atom. The largest absolute Gasteiger partial charge is 0.348 e. The molecule has 1 amide bonds. The van der Waals surface area contributed by atoms with Crippen LogP contribution < -0.4 is 11.1 Å². The predicted molar refractivity (Wildman–Crippen MR) is 90.3 cm³/mol. The minimum atomic E-state index is -0.472. The highest BCUT2D eigenvalue weighted by Crippen LogP contribution is 2.17. The van der Waals surface area contributed by atoms with Gasteiger partial charge < -0.3 is 16.0 Å². The molecule has 1 heterocycles. The molecular formula is C14H21Cl2FN4O. The summed E-state index contributed by atoms with van der Waals surface area (Å²) in [5.41, 5.74) is 6.85. The maximum Gasteiger partial charge on any atom is 0.253 e. The average molecular weight is 351 g/mol. The van der Waals surface area contributed by atoms with Crippen LogP contribution in [-0.2, 0) is 0 Å². The molecule has 2 aromatic rings. The number of halogens is 3. The van der Waals surface area contributed by atoms with Gasteiger partial charge in [-0.25, -0.2) is 9.37 Å². The minimum Gasteiger partial charge on any atom is -0.348 e. The number of benzene rings is 1. The molecule has 0 saturated heterocycles. The van der Waals surface area contributed by atoms with Gasteiger partial charge in [0.25, 0.3) is 5.91 Å². The third-order valence-corrected chi connectivity index (χ3v) is 3.11. The van der Waals surface area contributed by atoms with E-state index in [1.165, 1.54) is 18.5 Å². The lowest BCUT2D eigenvalue weighted by molar-refractivity contribution is 0.0935. The Labute approximate surface area is 141 Å². The summed E-state index contributed by atoms with van der Waals surface area (Å²) in [4.78, 5) is 19.1. The summed E-state index contributed by atoms with van der Waals surface area (Å²) in [5, 5.41) is 2.84. The van der Waals surface area contributed by atoms with E-state index in [1.54, 1.807) is 0 Å². The first-order valence-electron chi connectivity index (χ1n) is 6.64. The lowest BCUT2D eigenvalue weighted by atomic mass is 10.0. The Bertz CT molecular complexity index is 618. The first kappa shape index (κ1) is 20.6. The number of aromatic amines is 1. The highest BCUT2D eigenvalue weighted by Gasteiger charge is 2.18. The normalized spacial score (nSPS) is 11.7. The van der Waals surface area contributed by atoms with Crippen molar-refractivity contribution in [3.63, 3.8) is 0 Å². The van der Waals surface area contributed by atoms with Gasteiger partial charge in [0, 0.05) is 12.6 Å². The molecule has 1 atom stereocenters. The molecule has 0 radical (unpaired) electrons. The van der Waals surface area contributed by atoms with Gasteiger partial charge in [0.2, 0.25) is 0 Å². The zero-order valence-corrected chi connectivity index (χ0v) is 14.1. The molecule has 0 aliphatic carbocycles. The molecule has 8 heteroatoms. The quantitative estimate of drug-likeness (QED) is 0.774. The first-order valence-corrected chi connectivity index (χ1v) is 6.64. The fourth-order valence-corrected chi connectivity index (χ4v) is 2.23. The van der Waals surface area contributed by atoms with Crippen molar-refractivity contribution in [1.82, 2.24) is 15.3 Å². The van der Waals surface area contributed by atoms with Gasteiger partial charge in [-0.3, -0.25) is 4.79 Å². The first-order chi connectivity index (χ1) is 9.51. The number of rotatable bonds is 5. The number of nitrogens with one attached hydrogen (secondary N) is 2. The van der Waals surface area contributed by atoms with E-state index in [9.17, 15) is 9.18 Å². The van der Waals surface area contributed by atoms with Gasteiger partial charge in [-0.1, -0.05) is 13.8 Å². The number of hydrogen-bond donors (Lipinski definition) is 3. The van der Waals surface area contributed by atoms with E-state index in [-0.39, 0.29) is 42.3 Å². The molecule has 0 fully saturated rings. The molecule has 2 rings (SSSR count). The standard InChI is InChI=1S/C14H19FN4O.2ClH/c1-8(2)3-10(6-16)19-14(20)11-4-9(15)5-12-13(11)18-7-17-12;;/h4-5,7-8,10H,3,6,16H2,1-2H3,(H,17,18)(H,19,20);2*1H. The number of carbonyl (C=O) groups is 1. The number of aromatic nitrogens is 2. The Balaban J connectivity index is 0.00000220. The molecule has 22 heavy (non-hydrogen) atoms. The van der Waals surface area contributed by atoms with Crippen molar-refractivity contribution in [3.8, 4) is 0 Å². The van der Waals surface area contributed by atoms with Gasteiger partial charge in [0.05, 0.1) is 17.4 Å². The summed E-state index contributed by atoms with van der Waals surface area (Å²) in [5.74, 6) is -0.403. The Morgan fingerprint density at radius 3 is 2.68 bits per heavy atom. The highest BCUT2D eigenvalue weighted by molar-refractivity contribution is 6.04. The van der Waals surface area contributed by atoms with Crippen LogP contribution in [0.3, 0.4) is 0 Å². The zero-order chi connectivity index (χ0) is 14.7. The smallest absolute Gasteiger partial charge is 0.253 e. The minimum absolute atomic E-state index is 0. The topological polar surface area (TPSA) is 83.8 Å². The van der Waals surface area contributed by atoms with E-state index in [0.717, 1.165) is 6.42 Å². The van der Waals surface area contributed by atoms with E-state index < -0.39 is 5.82 Å². The molecule has 0 saturated carbocycles. The second kappa shape index (κ2) is 8.92. The van der Waals surface area contributed by atoms with E-state index in [2.05, 4.69) is 29.1 Å². The van der Waals surface area contributed by atoms with Crippen LogP contribution in [0.4, 0.5) is 4.39 Å². The van der Waals surface area contributed by atoms with E-state index in [4.69, 9.17) is 5.73 Å². The third-order valence-electron chi connectivity index (χ3n) is 3.11. The van der Waals surface area contributed by atoms with Crippen LogP contribution in [0, 0.1) is 11.7 Å². The van der Waals surface area contributed by atoms with Gasteiger partial charge in [-0.15, -0.1) is 24.8 Å². The monoisotopic (exact) mass is 350 g/mol. The van der Waals surface area contributed by atoms with Crippen LogP contribution >= 0.6 is 24.8 Å². The van der Waals surface area contributed by atoms with Crippen molar-refractivity contribution in [3.05, 3.63) is 29.8 Å². The number of nitrogens with zero attached hydrogens (tertiary/aromatic N) is 1. The van der Waals surface area contributed by atoms with Crippen LogP contribution in [0.5, 0.6) is 0 Å². The molecule has 0 aliphatic rings. The molecule has 5 nitrogen and oxygen atoms in total. The summed E-state index contributed by atoms with van der Waals surface area (Å²) in [6.07, 6.45) is 2.22. The number of carbonyl (C=O) groups excluding carboxylic acids is 1. The molecule has 1 unspecified atom stereocenters. The second-order valence-corrected chi connectivity index (χ2v) is 5.29. The van der Waals surface area contributed by atoms with Crippen molar-refractivity contribution in [2.24, 2.45) is 11.7 Å². The van der Waals surface area contributed by atoms with E-state index >= 15 is 0 Å². The van der Waals surface area contributed by atoms with Crippen LogP contribution in [0.15, 0.2) is 18.5 Å². The highest BCUT2D eigenvalue weighted by atomic mass is 35.5. The predicted octanol–water partition coefficient (Wildman–Crippen LogP) is 2.65. The number of nitrogens with two attached hydrogens (primary N) is 1. The van der Waals surface area contributed by atoms with E-state index in [0.29, 0.717) is 23.5 Å². The van der Waals surface area contributed by atoms with Crippen LogP contribution in [0.2, 0.25) is 0 Å². The number of hydrogen-bond acceptors (Lipinski definition) is 3. The zero-order valence-electron chi connectivity index (χ0n) is 12.4. The summed E-state index contributed by atoms with van der Waals surface area (Å²) >= 11 is 0. The maximum absolute atomic E-state index is 13.5. The van der Waals surface area contributed by atoms with Gasteiger partial charge in [0.15, 0.2) is 0 Å². The van der Waals surface area contributed by atoms with Crippen LogP contribution in [0.25, 0.3) is 11.0 Å². The van der Waals surface area contributed by atoms with Gasteiger partial charge in [0.1, 0.15) is 11.3 Å². The number of imidazole rings is 1. The number of H-pyrrole nitrogens is 1. The Morgan fingerprint density at radius 2 is 2.09 bits per heavy atom. The fourth-order valence-electron chi connectivity index (χ4n) is 2.23. The molecule has 124 valence electrons. The molecule has 0 aliphatic heterocycles. The molecule has 1 aromatic heterocycles. The fraction of sp³-hybridized carbons (Fsp3) is 0.429. The average Bonchev–Trinajstić information content (AvgIpc) is 2.84. The lowest BCUT2D eigenvalue weighted by Gasteiger charge is -2.19. The van der Waals surface area contributed by atoms with Crippen molar-refractivity contribution in [1.29, 1.82) is 0 Å². The molecule has 0 spiro atoms. The molecular weight excluding hydrogens is 330 g/mol. The van der Waals surface area contributed by atoms with E-state index in [1.807, 2.05) is 0 Å². The number of fused-ring (bicyclic) bond motifs is 1. The Kier molecular flexibility index (Phi) is 8.37. The second-order valence-electron chi connectivity index (χ2n) is 5.29. The molecule has 4 N–H and O–H groups in total. The summed E-state index contributed by atoms with van der Waals surface area (Å²) < 4.78 is 13.5. The molecule has 0 bridgehead atoms. The van der Waals surface area contributed by atoms with Gasteiger partial charge in [-0.2, -0.15) is 0 Å². The SMILES string of the molecule is CC(C)CC(CN)NC(=O)c1cc(F)cc2[nH]cnc12.Cl.Cl. The third kappa shape index (κ3) is 4.83. The van der Waals surface area contributed by atoms with Gasteiger partial charge in [-0.05, 0) is 24.5 Å². The van der Waals surface area contributed by atoms with Gasteiger partial charge >= 0.3 is 0 Å². The van der Waals surface area contributed by atoms with Crippen molar-refractivity contribution in [2.45, 2.75) is 26.3 Å². The maximum atomic E-state index is 13.5. The van der Waals surface area contributed by atoms with Crippen LogP contribution in [-0.4, -0.2) is 28.5 Å². The summed E-state index contributed by atoms with van der Waals surface area (Å²) in [6, 6.07) is 2.38. The Hall–Kier alpha value is -1.37. The summed E-state index contributed by atoms with van der Waals surface area (Å²) in [6.45, 7) is 4.47. The van der Waals surface area contributed by atoms with Crippen molar-refractivity contribution < 1.29 is 9.18 Å². The number of amides is 1. The van der Waals surface area contributed by atoms with Crippen molar-refractivity contribution >= 4 is 41.8 Å². The molecule has 1 aromatic carbocycles. The summed E-state index contributed by atoms with van der Waals surface area (Å²) in [7, 11) is 0. The van der Waals surface area contributed by atoms with Crippen LogP contribution in [0.1, 0.15) is 30.6 Å². The van der Waals surface area contributed by atoms with Crippen molar-refractivity contribution in [2.75, 3.05) is 6.54 Å².